The van der Waals surface area contributed by atoms with Crippen LogP contribution >= 0.6 is 11.6 Å². The van der Waals surface area contributed by atoms with E-state index in [9.17, 15) is 0 Å². The predicted octanol–water partition coefficient (Wildman–Crippen LogP) is 3.42. The fourth-order valence-electron chi connectivity index (χ4n) is 2.10. The summed E-state index contributed by atoms with van der Waals surface area (Å²) in [6.07, 6.45) is 3.69. The average Bonchev–Trinajstić information content (AvgIpc) is 2.17. The molecule has 0 aromatic rings. The normalized spacial score (nSPS) is 30.4. The third-order valence-electron chi connectivity index (χ3n) is 3.96. The monoisotopic (exact) mass is 217 g/mol. The van der Waals surface area contributed by atoms with Crippen molar-refractivity contribution in [1.29, 1.82) is 0 Å². The first-order valence-corrected chi connectivity index (χ1v) is 6.33. The molecule has 0 bridgehead atoms. The van der Waals surface area contributed by atoms with Gasteiger partial charge in [-0.15, -0.1) is 11.6 Å². The minimum absolute atomic E-state index is 0.285. The number of alkyl halides is 1. The van der Waals surface area contributed by atoms with Crippen molar-refractivity contribution in [3.05, 3.63) is 0 Å². The van der Waals surface area contributed by atoms with Gasteiger partial charge in [0.2, 0.25) is 0 Å². The summed E-state index contributed by atoms with van der Waals surface area (Å²) in [5.74, 6) is 0.833. The minimum Gasteiger partial charge on any atom is -0.313 e. The van der Waals surface area contributed by atoms with Gasteiger partial charge in [-0.05, 0) is 24.3 Å². The zero-order valence-corrected chi connectivity index (χ0v) is 10.7. The molecular formula is C12H24ClN. The number of hydrogen-bond donors (Lipinski definition) is 1. The lowest BCUT2D eigenvalue weighted by Crippen LogP contribution is -2.58. The maximum atomic E-state index is 6.18. The first-order chi connectivity index (χ1) is 6.52. The molecule has 84 valence electrons. The first kappa shape index (κ1) is 12.3. The predicted molar refractivity (Wildman–Crippen MR) is 63.9 cm³/mol. The Balaban J connectivity index is 2.26. The lowest BCUT2D eigenvalue weighted by atomic mass is 9.66. The third-order valence-corrected chi connectivity index (χ3v) is 4.70. The van der Waals surface area contributed by atoms with Crippen LogP contribution in [0.4, 0.5) is 0 Å². The molecule has 0 aromatic carbocycles. The fraction of sp³-hybridized carbons (Fsp3) is 1.00. The molecule has 14 heavy (non-hydrogen) atoms. The second-order valence-electron chi connectivity index (χ2n) is 5.17. The van der Waals surface area contributed by atoms with E-state index >= 15 is 0 Å². The molecule has 0 aromatic heterocycles. The van der Waals surface area contributed by atoms with Crippen LogP contribution in [0.2, 0.25) is 0 Å². The Morgan fingerprint density at radius 3 is 2.29 bits per heavy atom. The van der Waals surface area contributed by atoms with Crippen LogP contribution in [-0.4, -0.2) is 18.0 Å². The maximum Gasteiger partial charge on any atom is 0.0416 e. The fourth-order valence-corrected chi connectivity index (χ4v) is 2.44. The van der Waals surface area contributed by atoms with Gasteiger partial charge < -0.3 is 5.32 Å². The first-order valence-electron chi connectivity index (χ1n) is 5.89. The molecule has 1 fully saturated rings. The van der Waals surface area contributed by atoms with Crippen molar-refractivity contribution in [3.8, 4) is 0 Å². The van der Waals surface area contributed by atoms with E-state index in [0.29, 0.717) is 11.4 Å². The molecule has 1 rings (SSSR count). The van der Waals surface area contributed by atoms with Crippen molar-refractivity contribution in [2.24, 2.45) is 11.3 Å². The van der Waals surface area contributed by atoms with Crippen LogP contribution in [-0.2, 0) is 0 Å². The summed E-state index contributed by atoms with van der Waals surface area (Å²) in [6.45, 7) is 10.2. The van der Waals surface area contributed by atoms with Gasteiger partial charge >= 0.3 is 0 Å². The Morgan fingerprint density at radius 1 is 1.36 bits per heavy atom. The highest BCUT2D eigenvalue weighted by Gasteiger charge is 2.46. The molecule has 1 nitrogen and oxygen atoms in total. The molecule has 2 atom stereocenters. The quantitative estimate of drug-likeness (QED) is 0.696. The van der Waals surface area contributed by atoms with Gasteiger partial charge in [0.05, 0.1) is 0 Å². The van der Waals surface area contributed by atoms with Crippen LogP contribution in [0.5, 0.6) is 0 Å². The largest absolute Gasteiger partial charge is 0.313 e. The Bertz CT molecular complexity index is 175. The molecule has 0 heterocycles. The Hall–Kier alpha value is 0.250. The third kappa shape index (κ3) is 2.43. The van der Waals surface area contributed by atoms with Crippen LogP contribution in [0.15, 0.2) is 0 Å². The standard InChI is InChI=1S/C12H24ClN/c1-5-9(6-2)8-14-11-7-10(13)12(11,3)4/h9-11,14H,5-8H2,1-4H3. The van der Waals surface area contributed by atoms with Crippen LogP contribution < -0.4 is 5.32 Å². The van der Waals surface area contributed by atoms with Gasteiger partial charge in [-0.2, -0.15) is 0 Å². The zero-order valence-electron chi connectivity index (χ0n) is 9.94. The van der Waals surface area contributed by atoms with Gasteiger partial charge in [0.25, 0.3) is 0 Å². The van der Waals surface area contributed by atoms with Crippen LogP contribution in [0.25, 0.3) is 0 Å². The molecule has 0 amide bonds. The van der Waals surface area contributed by atoms with Crippen molar-refractivity contribution in [2.75, 3.05) is 6.54 Å². The Kier molecular flexibility index (Phi) is 4.27. The van der Waals surface area contributed by atoms with Crippen molar-refractivity contribution in [1.82, 2.24) is 5.32 Å². The minimum atomic E-state index is 0.285. The van der Waals surface area contributed by atoms with Gasteiger partial charge in [0, 0.05) is 11.4 Å². The van der Waals surface area contributed by atoms with Crippen molar-refractivity contribution >= 4 is 11.6 Å². The number of halogens is 1. The molecule has 0 radical (unpaired) electrons. The zero-order chi connectivity index (χ0) is 10.8. The van der Waals surface area contributed by atoms with Gasteiger partial charge in [-0.25, -0.2) is 0 Å². The van der Waals surface area contributed by atoms with E-state index < -0.39 is 0 Å². The topological polar surface area (TPSA) is 12.0 Å². The lowest BCUT2D eigenvalue weighted by Gasteiger charge is -2.50. The molecule has 0 aliphatic heterocycles. The Labute approximate surface area is 93.6 Å². The van der Waals surface area contributed by atoms with Crippen LogP contribution in [0, 0.1) is 11.3 Å². The van der Waals surface area contributed by atoms with Crippen molar-refractivity contribution < 1.29 is 0 Å². The molecule has 0 saturated heterocycles. The second kappa shape index (κ2) is 4.85. The summed E-state index contributed by atoms with van der Waals surface area (Å²) in [4.78, 5) is 0. The highest BCUT2D eigenvalue weighted by atomic mass is 35.5. The molecule has 1 N–H and O–H groups in total. The smallest absolute Gasteiger partial charge is 0.0416 e. The number of hydrogen-bond acceptors (Lipinski definition) is 1. The van der Waals surface area contributed by atoms with Gasteiger partial charge in [0.1, 0.15) is 0 Å². The lowest BCUT2D eigenvalue weighted by molar-refractivity contribution is 0.112. The summed E-state index contributed by atoms with van der Waals surface area (Å²) in [5, 5.41) is 4.02. The van der Waals surface area contributed by atoms with Crippen LogP contribution in [0.1, 0.15) is 47.0 Å². The van der Waals surface area contributed by atoms with E-state index in [1.165, 1.54) is 12.8 Å². The summed E-state index contributed by atoms with van der Waals surface area (Å²) in [7, 11) is 0. The molecule has 0 spiro atoms. The molecule has 1 aliphatic rings. The highest BCUT2D eigenvalue weighted by Crippen LogP contribution is 2.44. The highest BCUT2D eigenvalue weighted by molar-refractivity contribution is 6.21. The average molecular weight is 218 g/mol. The summed E-state index contributed by atoms with van der Waals surface area (Å²) in [5.41, 5.74) is 0.285. The van der Waals surface area contributed by atoms with E-state index in [2.05, 4.69) is 33.0 Å². The van der Waals surface area contributed by atoms with Crippen molar-refractivity contribution in [2.45, 2.75) is 58.4 Å². The SMILES string of the molecule is CCC(CC)CNC1CC(Cl)C1(C)C. The van der Waals surface area contributed by atoms with Gasteiger partial charge in [0.15, 0.2) is 0 Å². The van der Waals surface area contributed by atoms with Gasteiger partial charge in [-0.3, -0.25) is 0 Å². The van der Waals surface area contributed by atoms with Crippen molar-refractivity contribution in [3.63, 3.8) is 0 Å². The van der Waals surface area contributed by atoms with E-state index in [0.717, 1.165) is 18.9 Å². The molecule has 1 aliphatic carbocycles. The summed E-state index contributed by atoms with van der Waals surface area (Å²) >= 11 is 6.18. The summed E-state index contributed by atoms with van der Waals surface area (Å²) in [6, 6.07) is 0.630. The van der Waals surface area contributed by atoms with Gasteiger partial charge in [-0.1, -0.05) is 40.5 Å². The molecular weight excluding hydrogens is 194 g/mol. The van der Waals surface area contributed by atoms with E-state index in [1.54, 1.807) is 0 Å². The maximum absolute atomic E-state index is 6.18. The molecule has 2 unspecified atom stereocenters. The van der Waals surface area contributed by atoms with Crippen LogP contribution in [0.3, 0.4) is 0 Å². The number of rotatable bonds is 5. The van der Waals surface area contributed by atoms with E-state index in [4.69, 9.17) is 11.6 Å². The van der Waals surface area contributed by atoms with E-state index in [-0.39, 0.29) is 5.41 Å². The summed E-state index contributed by atoms with van der Waals surface area (Å²) < 4.78 is 0. The number of nitrogens with one attached hydrogen (secondary N) is 1. The van der Waals surface area contributed by atoms with E-state index in [1.807, 2.05) is 0 Å². The molecule has 1 saturated carbocycles. The molecule has 2 heteroatoms. The second-order valence-corrected chi connectivity index (χ2v) is 5.69. The Morgan fingerprint density at radius 2 is 1.93 bits per heavy atom.